The largest absolute Gasteiger partial charge is 0.460 e. The molecule has 0 saturated heterocycles. The number of ketones is 1. The lowest BCUT2D eigenvalue weighted by molar-refractivity contribution is -0.156. The van der Waals surface area contributed by atoms with Gasteiger partial charge in [0.1, 0.15) is 23.4 Å². The Hall–Kier alpha value is -3.89. The molecular formula is C36H45Cl2N3O7. The fourth-order valence-corrected chi connectivity index (χ4v) is 5.93. The zero-order valence-corrected chi connectivity index (χ0v) is 30.3. The maximum atomic E-state index is 13.9. The van der Waals surface area contributed by atoms with E-state index in [4.69, 9.17) is 32.7 Å². The fourth-order valence-electron chi connectivity index (χ4n) is 5.38. The first-order valence-electron chi connectivity index (χ1n) is 15.9. The minimum atomic E-state index is -1.43. The second-order valence-electron chi connectivity index (χ2n) is 13.6. The summed E-state index contributed by atoms with van der Waals surface area (Å²) in [5.74, 6) is -3.34. The molecule has 2 amide bonds. The maximum Gasteiger partial charge on any atom is 0.341 e. The molecule has 0 aliphatic carbocycles. The fraction of sp³-hybridized carbons (Fsp3) is 0.472. The zero-order valence-electron chi connectivity index (χ0n) is 28.7. The number of aryl methyl sites for hydroxylation is 1. The molecule has 2 aromatic carbocycles. The van der Waals surface area contributed by atoms with Gasteiger partial charge < -0.3 is 24.7 Å². The van der Waals surface area contributed by atoms with E-state index >= 15 is 0 Å². The molecule has 3 aromatic rings. The molecule has 48 heavy (non-hydrogen) atoms. The number of halogens is 2. The van der Waals surface area contributed by atoms with Crippen LogP contribution in [-0.2, 0) is 37.3 Å². The van der Waals surface area contributed by atoms with E-state index in [0.29, 0.717) is 12.1 Å². The van der Waals surface area contributed by atoms with Gasteiger partial charge >= 0.3 is 11.9 Å². The van der Waals surface area contributed by atoms with Crippen LogP contribution in [-0.4, -0.2) is 58.4 Å². The molecule has 0 radical (unpaired) electrons. The van der Waals surface area contributed by atoms with Crippen molar-refractivity contribution in [2.75, 3.05) is 6.61 Å². The average molecular weight is 703 g/mol. The van der Waals surface area contributed by atoms with E-state index in [0.717, 1.165) is 16.5 Å². The van der Waals surface area contributed by atoms with Gasteiger partial charge in [0.15, 0.2) is 12.4 Å². The van der Waals surface area contributed by atoms with Gasteiger partial charge in [-0.15, -0.1) is 0 Å². The minimum absolute atomic E-state index is 0.0231. The van der Waals surface area contributed by atoms with Gasteiger partial charge in [0.05, 0.1) is 22.0 Å². The molecule has 0 aliphatic rings. The smallest absolute Gasteiger partial charge is 0.341 e. The molecule has 0 bridgehead atoms. The van der Waals surface area contributed by atoms with Crippen molar-refractivity contribution >= 4 is 63.6 Å². The molecule has 0 fully saturated rings. The summed E-state index contributed by atoms with van der Waals surface area (Å²) in [6.45, 7) is 12.2. The Morgan fingerprint density at radius 2 is 1.48 bits per heavy atom. The van der Waals surface area contributed by atoms with Gasteiger partial charge in [0, 0.05) is 18.0 Å². The predicted molar refractivity (Wildman–Crippen MR) is 186 cm³/mol. The van der Waals surface area contributed by atoms with Gasteiger partial charge in [-0.3, -0.25) is 19.2 Å². The molecule has 1 aromatic heterocycles. The molecule has 1 unspecified atom stereocenters. The lowest BCUT2D eigenvalue weighted by atomic mass is 9.98. The number of rotatable bonds is 14. The number of Topliss-reactive ketones (excluding diaryl/α,β-unsaturated/α-hetero) is 1. The third-order valence-electron chi connectivity index (χ3n) is 7.38. The molecule has 260 valence electrons. The highest BCUT2D eigenvalue weighted by molar-refractivity contribution is 6.39. The molecule has 10 nitrogen and oxygen atoms in total. The highest BCUT2D eigenvalue weighted by Crippen LogP contribution is 2.28. The molecule has 12 heteroatoms. The number of hydrogen-bond acceptors (Lipinski definition) is 7. The van der Waals surface area contributed by atoms with E-state index in [9.17, 15) is 24.0 Å². The highest BCUT2D eigenvalue weighted by Gasteiger charge is 2.33. The van der Waals surface area contributed by atoms with Crippen molar-refractivity contribution in [2.24, 2.45) is 18.9 Å². The Morgan fingerprint density at radius 1 is 0.854 bits per heavy atom. The van der Waals surface area contributed by atoms with Crippen LogP contribution in [0.25, 0.3) is 10.9 Å². The van der Waals surface area contributed by atoms with Crippen molar-refractivity contribution in [1.82, 2.24) is 15.2 Å². The number of aromatic nitrogens is 1. The SMILES string of the molecule is CC(C)Cc1c(C(=O)N[C@@H](CC(C)C)C(=O)NC(CC(=O)OC(C)(C)C)C(=O)COC(=O)c2c(Cl)cccc2Cl)n(C)c2ccccc12. The van der Waals surface area contributed by atoms with Crippen molar-refractivity contribution in [1.29, 1.82) is 0 Å². The van der Waals surface area contributed by atoms with Gasteiger partial charge in [-0.25, -0.2) is 4.79 Å². The maximum absolute atomic E-state index is 13.9. The Kier molecular flexibility index (Phi) is 13.2. The number of nitrogens with one attached hydrogen (secondary N) is 2. The van der Waals surface area contributed by atoms with Crippen molar-refractivity contribution in [3.63, 3.8) is 0 Å². The van der Waals surface area contributed by atoms with Crippen LogP contribution >= 0.6 is 23.2 Å². The third-order valence-corrected chi connectivity index (χ3v) is 8.01. The predicted octanol–water partition coefficient (Wildman–Crippen LogP) is 6.47. The molecule has 2 N–H and O–H groups in total. The van der Waals surface area contributed by atoms with E-state index in [1.807, 2.05) is 49.7 Å². The van der Waals surface area contributed by atoms with Crippen LogP contribution < -0.4 is 10.6 Å². The van der Waals surface area contributed by atoms with Crippen LogP contribution in [0.15, 0.2) is 42.5 Å². The summed E-state index contributed by atoms with van der Waals surface area (Å²) >= 11 is 12.2. The number of benzene rings is 2. The summed E-state index contributed by atoms with van der Waals surface area (Å²) < 4.78 is 12.4. The van der Waals surface area contributed by atoms with E-state index in [1.54, 1.807) is 26.8 Å². The topological polar surface area (TPSA) is 133 Å². The normalized spacial score (nSPS) is 12.9. The summed E-state index contributed by atoms with van der Waals surface area (Å²) in [4.78, 5) is 66.7. The number of esters is 2. The number of amides is 2. The van der Waals surface area contributed by atoms with Crippen molar-refractivity contribution < 1.29 is 33.4 Å². The van der Waals surface area contributed by atoms with E-state index in [-0.39, 0.29) is 33.9 Å². The molecule has 2 atom stereocenters. The molecule has 3 rings (SSSR count). The van der Waals surface area contributed by atoms with Crippen LogP contribution in [0, 0.1) is 11.8 Å². The van der Waals surface area contributed by atoms with Crippen molar-refractivity contribution in [3.8, 4) is 0 Å². The van der Waals surface area contributed by atoms with E-state index < -0.39 is 60.2 Å². The minimum Gasteiger partial charge on any atom is -0.460 e. The van der Waals surface area contributed by atoms with Crippen LogP contribution in [0.4, 0.5) is 0 Å². The van der Waals surface area contributed by atoms with Crippen LogP contribution in [0.2, 0.25) is 10.0 Å². The Morgan fingerprint density at radius 3 is 2.06 bits per heavy atom. The van der Waals surface area contributed by atoms with Gasteiger partial charge in [0.25, 0.3) is 5.91 Å². The highest BCUT2D eigenvalue weighted by atomic mass is 35.5. The van der Waals surface area contributed by atoms with Crippen molar-refractivity contribution in [3.05, 3.63) is 69.3 Å². The summed E-state index contributed by atoms with van der Waals surface area (Å²) in [7, 11) is 1.81. The zero-order chi connectivity index (χ0) is 35.9. The number of para-hydroxylation sites is 1. The monoisotopic (exact) mass is 701 g/mol. The molecule has 0 aliphatic heterocycles. The number of ether oxygens (including phenoxy) is 2. The third kappa shape index (κ3) is 10.3. The Labute approximate surface area is 291 Å². The molecule has 1 heterocycles. The number of carbonyl (C=O) groups excluding carboxylic acids is 5. The number of carbonyl (C=O) groups is 5. The lowest BCUT2D eigenvalue weighted by Crippen LogP contribution is -2.53. The summed E-state index contributed by atoms with van der Waals surface area (Å²) in [5, 5.41) is 6.53. The summed E-state index contributed by atoms with van der Waals surface area (Å²) in [6, 6.07) is 9.70. The first kappa shape index (κ1) is 38.6. The summed E-state index contributed by atoms with van der Waals surface area (Å²) in [6.07, 6.45) is 0.362. The molecule has 0 saturated carbocycles. The quantitative estimate of drug-likeness (QED) is 0.184. The first-order chi connectivity index (χ1) is 22.4. The van der Waals surface area contributed by atoms with Crippen LogP contribution in [0.3, 0.4) is 0 Å². The van der Waals surface area contributed by atoms with E-state index in [1.165, 1.54) is 12.1 Å². The van der Waals surface area contributed by atoms with Crippen LogP contribution in [0.5, 0.6) is 0 Å². The Balaban J connectivity index is 1.88. The summed E-state index contributed by atoms with van der Waals surface area (Å²) in [5.41, 5.74) is 1.23. The van der Waals surface area contributed by atoms with Gasteiger partial charge in [-0.05, 0) is 69.2 Å². The first-order valence-corrected chi connectivity index (χ1v) is 16.7. The average Bonchev–Trinajstić information content (AvgIpc) is 3.24. The van der Waals surface area contributed by atoms with Gasteiger partial charge in [-0.1, -0.05) is 75.2 Å². The molecular weight excluding hydrogens is 657 g/mol. The number of nitrogens with zero attached hydrogens (tertiary/aromatic N) is 1. The standard InChI is InChI=1S/C36H45Cl2N3O7/c1-20(2)16-23-22-12-9-10-15-28(22)41(8)32(23)34(45)40-27(17-21(3)4)33(44)39-26(18-30(43)48-36(5,6)7)29(42)19-47-35(46)31-24(37)13-11-14-25(31)38/h9-15,20-21,26-27H,16-19H2,1-8H3,(H,39,44)(H,40,45)/t26?,27-/m0/s1. The number of hydrogen-bond donors (Lipinski definition) is 2. The second-order valence-corrected chi connectivity index (χ2v) is 14.5. The van der Waals surface area contributed by atoms with Gasteiger partial charge in [0.2, 0.25) is 5.91 Å². The second kappa shape index (κ2) is 16.5. The lowest BCUT2D eigenvalue weighted by Gasteiger charge is -2.25. The van der Waals surface area contributed by atoms with Gasteiger partial charge in [-0.2, -0.15) is 0 Å². The molecule has 0 spiro atoms. The number of fused-ring (bicyclic) bond motifs is 1. The van der Waals surface area contributed by atoms with E-state index in [2.05, 4.69) is 24.5 Å². The Bertz CT molecular complexity index is 1650. The van der Waals surface area contributed by atoms with Crippen LogP contribution in [0.1, 0.15) is 87.7 Å². The van der Waals surface area contributed by atoms with Crippen molar-refractivity contribution in [2.45, 2.75) is 85.4 Å².